The second kappa shape index (κ2) is 5.53. The van der Waals surface area contributed by atoms with Gasteiger partial charge in [0.15, 0.2) is 5.82 Å². The molecule has 5 nitrogen and oxygen atoms in total. The number of nitrogens with one attached hydrogen (secondary N) is 1. The van der Waals surface area contributed by atoms with Gasteiger partial charge in [0.05, 0.1) is 11.6 Å². The van der Waals surface area contributed by atoms with Crippen molar-refractivity contribution < 1.29 is 4.74 Å². The van der Waals surface area contributed by atoms with Crippen molar-refractivity contribution in [2.45, 2.75) is 13.3 Å². The van der Waals surface area contributed by atoms with Crippen LogP contribution >= 0.6 is 28.1 Å². The summed E-state index contributed by atoms with van der Waals surface area (Å²) in [4.78, 5) is 15.6. The van der Waals surface area contributed by atoms with E-state index in [9.17, 15) is 0 Å². The third kappa shape index (κ3) is 2.56. The summed E-state index contributed by atoms with van der Waals surface area (Å²) < 4.78 is 6.39. The highest BCUT2D eigenvalue weighted by Crippen LogP contribution is 2.21. The van der Waals surface area contributed by atoms with Gasteiger partial charge in [0.2, 0.25) is 5.88 Å². The van der Waals surface area contributed by atoms with Crippen LogP contribution in [0.15, 0.2) is 16.9 Å². The number of rotatable bonds is 3. The van der Waals surface area contributed by atoms with E-state index in [0.717, 1.165) is 16.6 Å². The Morgan fingerprint density at radius 1 is 1.44 bits per heavy atom. The molecular formula is C11H11BrN4OS. The van der Waals surface area contributed by atoms with Gasteiger partial charge in [-0.05, 0) is 22.4 Å². The van der Waals surface area contributed by atoms with E-state index >= 15 is 0 Å². The number of aryl methyl sites for hydroxylation is 1. The third-order valence-electron chi connectivity index (χ3n) is 2.38. The van der Waals surface area contributed by atoms with Crippen molar-refractivity contribution in [3.05, 3.63) is 27.2 Å². The molecule has 0 aliphatic heterocycles. The Morgan fingerprint density at radius 3 is 2.89 bits per heavy atom. The van der Waals surface area contributed by atoms with Crippen molar-refractivity contribution in [1.29, 1.82) is 0 Å². The minimum atomic E-state index is 0.488. The van der Waals surface area contributed by atoms with Crippen LogP contribution in [0.5, 0.6) is 5.88 Å². The van der Waals surface area contributed by atoms with Gasteiger partial charge in [-0.25, -0.2) is 15.0 Å². The first-order chi connectivity index (χ1) is 8.65. The molecule has 2 rings (SSSR count). The number of aromatic nitrogens is 4. The molecule has 2 aromatic heterocycles. The Bertz CT molecular complexity index is 629. The lowest BCUT2D eigenvalue weighted by Gasteiger charge is -2.06. The second-order valence-electron chi connectivity index (χ2n) is 3.48. The Hall–Kier alpha value is -1.34. The van der Waals surface area contributed by atoms with Crippen LogP contribution in [0.3, 0.4) is 0 Å². The molecule has 7 heteroatoms. The zero-order valence-electron chi connectivity index (χ0n) is 9.90. The van der Waals surface area contributed by atoms with E-state index in [1.807, 2.05) is 6.92 Å². The first kappa shape index (κ1) is 13.1. The molecule has 0 unspecified atom stereocenters. The average Bonchev–Trinajstić information content (AvgIpc) is 2.41. The number of hydrogen-bond acceptors (Lipinski definition) is 5. The summed E-state index contributed by atoms with van der Waals surface area (Å²) in [6.45, 7) is 2.04. The molecule has 18 heavy (non-hydrogen) atoms. The van der Waals surface area contributed by atoms with Crippen molar-refractivity contribution in [2.24, 2.45) is 0 Å². The summed E-state index contributed by atoms with van der Waals surface area (Å²) in [5, 5.41) is 0. The number of hydrogen-bond donors (Lipinski definition) is 1. The molecular weight excluding hydrogens is 316 g/mol. The minimum Gasteiger partial charge on any atom is -0.481 e. The fourth-order valence-electron chi connectivity index (χ4n) is 1.45. The first-order valence-corrected chi connectivity index (χ1v) is 6.51. The molecule has 0 aliphatic rings. The van der Waals surface area contributed by atoms with E-state index in [2.05, 4.69) is 35.9 Å². The lowest BCUT2D eigenvalue weighted by Crippen LogP contribution is -1.99. The molecule has 0 saturated carbocycles. The summed E-state index contributed by atoms with van der Waals surface area (Å²) in [6.07, 6.45) is 2.25. The topological polar surface area (TPSA) is 63.7 Å². The van der Waals surface area contributed by atoms with E-state index < -0.39 is 0 Å². The number of methoxy groups -OCH3 is 1. The zero-order valence-corrected chi connectivity index (χ0v) is 12.3. The van der Waals surface area contributed by atoms with Gasteiger partial charge in [0.1, 0.15) is 16.7 Å². The highest BCUT2D eigenvalue weighted by atomic mass is 79.9. The van der Waals surface area contributed by atoms with Crippen LogP contribution in [0.25, 0.3) is 11.5 Å². The Morgan fingerprint density at radius 2 is 2.22 bits per heavy atom. The molecule has 0 bridgehead atoms. The molecule has 0 saturated heterocycles. The maximum Gasteiger partial charge on any atom is 0.216 e. The van der Waals surface area contributed by atoms with E-state index in [0.29, 0.717) is 22.0 Å². The van der Waals surface area contributed by atoms with Gasteiger partial charge < -0.3 is 9.72 Å². The van der Waals surface area contributed by atoms with Gasteiger partial charge >= 0.3 is 0 Å². The van der Waals surface area contributed by atoms with Crippen molar-refractivity contribution in [3.8, 4) is 17.4 Å². The van der Waals surface area contributed by atoms with Crippen LogP contribution in [-0.4, -0.2) is 27.0 Å². The normalized spacial score (nSPS) is 10.4. The van der Waals surface area contributed by atoms with Crippen LogP contribution in [0, 0.1) is 4.64 Å². The fraction of sp³-hybridized carbons (Fsp3) is 0.273. The van der Waals surface area contributed by atoms with E-state index in [1.54, 1.807) is 13.2 Å². The number of H-pyrrole nitrogens is 1. The highest BCUT2D eigenvalue weighted by molar-refractivity contribution is 9.10. The number of aromatic amines is 1. The summed E-state index contributed by atoms with van der Waals surface area (Å²) in [5.41, 5.74) is 1.64. The summed E-state index contributed by atoms with van der Waals surface area (Å²) >= 11 is 8.62. The molecule has 94 valence electrons. The largest absolute Gasteiger partial charge is 0.481 e. The van der Waals surface area contributed by atoms with Gasteiger partial charge in [-0.3, -0.25) is 0 Å². The van der Waals surface area contributed by atoms with Crippen LogP contribution < -0.4 is 4.74 Å². The lowest BCUT2D eigenvalue weighted by atomic mass is 10.3. The Kier molecular flexibility index (Phi) is 4.03. The molecule has 0 atom stereocenters. The van der Waals surface area contributed by atoms with Crippen LogP contribution in [0.2, 0.25) is 0 Å². The van der Waals surface area contributed by atoms with Crippen molar-refractivity contribution in [2.75, 3.05) is 7.11 Å². The number of ether oxygens (including phenoxy) is 1. The summed E-state index contributed by atoms with van der Waals surface area (Å²) in [6, 6.07) is 1.71. The molecule has 0 amide bonds. The molecule has 2 heterocycles. The van der Waals surface area contributed by atoms with E-state index in [4.69, 9.17) is 17.0 Å². The molecule has 0 fully saturated rings. The SMILES string of the molecule is CCc1[nH]c(-c2cc(OC)ncn2)nc(=S)c1Br. The lowest BCUT2D eigenvalue weighted by molar-refractivity contribution is 0.397. The smallest absolute Gasteiger partial charge is 0.216 e. The zero-order chi connectivity index (χ0) is 13.1. The van der Waals surface area contributed by atoms with Crippen LogP contribution in [0.1, 0.15) is 12.6 Å². The summed E-state index contributed by atoms with van der Waals surface area (Å²) in [7, 11) is 1.56. The van der Waals surface area contributed by atoms with E-state index in [-0.39, 0.29) is 0 Å². The number of nitrogens with zero attached hydrogens (tertiary/aromatic N) is 3. The van der Waals surface area contributed by atoms with Crippen molar-refractivity contribution >= 4 is 28.1 Å². The third-order valence-corrected chi connectivity index (χ3v) is 3.79. The maximum absolute atomic E-state index is 5.20. The maximum atomic E-state index is 5.20. The monoisotopic (exact) mass is 326 g/mol. The predicted molar refractivity (Wildman–Crippen MR) is 74.1 cm³/mol. The second-order valence-corrected chi connectivity index (χ2v) is 4.66. The molecule has 1 N–H and O–H groups in total. The molecule has 0 spiro atoms. The summed E-state index contributed by atoms with van der Waals surface area (Å²) in [5.74, 6) is 1.10. The van der Waals surface area contributed by atoms with Crippen molar-refractivity contribution in [1.82, 2.24) is 19.9 Å². The standard InChI is InChI=1S/C11H11BrN4OS/c1-3-6-9(12)11(18)16-10(15-6)7-4-8(17-2)14-5-13-7/h4-5H,3H2,1-2H3,(H,15,16,18). The highest BCUT2D eigenvalue weighted by Gasteiger charge is 2.08. The van der Waals surface area contributed by atoms with Gasteiger partial charge in [-0.2, -0.15) is 0 Å². The minimum absolute atomic E-state index is 0.488. The van der Waals surface area contributed by atoms with Crippen LogP contribution in [0.4, 0.5) is 0 Å². The molecule has 0 aliphatic carbocycles. The average molecular weight is 327 g/mol. The molecule has 2 aromatic rings. The fourth-order valence-corrected chi connectivity index (χ4v) is 2.13. The van der Waals surface area contributed by atoms with Gasteiger partial charge in [-0.1, -0.05) is 19.1 Å². The Balaban J connectivity index is 2.57. The first-order valence-electron chi connectivity index (χ1n) is 5.30. The van der Waals surface area contributed by atoms with Gasteiger partial charge in [-0.15, -0.1) is 0 Å². The van der Waals surface area contributed by atoms with Crippen LogP contribution in [-0.2, 0) is 6.42 Å². The molecule has 0 radical (unpaired) electrons. The number of halogens is 1. The van der Waals surface area contributed by atoms with Crippen molar-refractivity contribution in [3.63, 3.8) is 0 Å². The predicted octanol–water partition coefficient (Wildman–Crippen LogP) is 2.93. The quantitative estimate of drug-likeness (QED) is 0.878. The van der Waals surface area contributed by atoms with Gasteiger partial charge in [0.25, 0.3) is 0 Å². The van der Waals surface area contributed by atoms with Gasteiger partial charge in [0, 0.05) is 11.8 Å². The Labute approximate surface area is 118 Å². The van der Waals surface area contributed by atoms with E-state index in [1.165, 1.54) is 6.33 Å². The molecule has 0 aromatic carbocycles.